The molecule has 1 saturated heterocycles. The number of hydrogen-bond donors (Lipinski definition) is 1. The Bertz CT molecular complexity index is 489. The van der Waals surface area contributed by atoms with Crippen LogP contribution in [-0.2, 0) is 0 Å². The van der Waals surface area contributed by atoms with Crippen LogP contribution in [0.25, 0.3) is 0 Å². The van der Waals surface area contributed by atoms with E-state index >= 15 is 0 Å². The maximum atomic E-state index is 14.6. The molecule has 1 heterocycles. The average Bonchev–Trinajstić information content (AvgIpc) is 2.48. The van der Waals surface area contributed by atoms with E-state index in [0.717, 1.165) is 31.0 Å². The number of nitrogens with one attached hydrogen (secondary N) is 1. The summed E-state index contributed by atoms with van der Waals surface area (Å²) in [5, 5.41) is 3.67. The van der Waals surface area contributed by atoms with Gasteiger partial charge in [-0.2, -0.15) is 11.8 Å². The fourth-order valence-corrected chi connectivity index (χ4v) is 4.34. The third-order valence-electron chi connectivity index (χ3n) is 3.84. The van der Waals surface area contributed by atoms with Crippen LogP contribution in [0.1, 0.15) is 24.9 Å². The molecule has 6 heteroatoms. The standard InChI is InChI=1S/C15H21BrClFN2S/c1-3-6-19-15(12-9-21-8-7-20(12)2)10-4-5-11(16)13(17)14(10)18/h4-5,12,15,19H,3,6-9H2,1-2H3. The number of nitrogens with zero attached hydrogens (tertiary/aromatic N) is 1. The first-order chi connectivity index (χ1) is 10.1. The molecule has 0 aliphatic carbocycles. The molecular weight excluding hydrogens is 375 g/mol. The molecule has 0 spiro atoms. The van der Waals surface area contributed by atoms with Crippen molar-refractivity contribution in [2.75, 3.05) is 31.6 Å². The molecule has 1 N–H and O–H groups in total. The SMILES string of the molecule is CCCNC(c1ccc(Br)c(Cl)c1F)C1CSCCN1C. The minimum atomic E-state index is -0.316. The summed E-state index contributed by atoms with van der Waals surface area (Å²) in [6.45, 7) is 4.02. The van der Waals surface area contributed by atoms with E-state index < -0.39 is 0 Å². The van der Waals surface area contributed by atoms with Crippen molar-refractivity contribution in [3.05, 3.63) is 33.0 Å². The van der Waals surface area contributed by atoms with Crippen molar-refractivity contribution in [1.29, 1.82) is 0 Å². The van der Waals surface area contributed by atoms with Crippen LogP contribution in [0.4, 0.5) is 4.39 Å². The highest BCUT2D eigenvalue weighted by Crippen LogP contribution is 2.34. The minimum absolute atomic E-state index is 0.0339. The van der Waals surface area contributed by atoms with E-state index in [2.05, 4.69) is 40.1 Å². The Morgan fingerprint density at radius 2 is 2.33 bits per heavy atom. The zero-order valence-corrected chi connectivity index (χ0v) is 15.5. The summed E-state index contributed by atoms with van der Waals surface area (Å²) >= 11 is 11.3. The molecule has 1 aromatic rings. The molecule has 2 unspecified atom stereocenters. The van der Waals surface area contributed by atoms with Crippen molar-refractivity contribution in [2.24, 2.45) is 0 Å². The lowest BCUT2D eigenvalue weighted by atomic mass is 9.98. The Kier molecular flexibility index (Phi) is 6.81. The number of benzene rings is 1. The number of hydrogen-bond acceptors (Lipinski definition) is 3. The molecule has 2 atom stereocenters. The van der Waals surface area contributed by atoms with E-state index in [0.29, 0.717) is 10.0 Å². The molecule has 0 aromatic heterocycles. The number of halogens is 3. The Balaban J connectivity index is 2.33. The first-order valence-electron chi connectivity index (χ1n) is 7.21. The van der Waals surface area contributed by atoms with Crippen LogP contribution in [0.5, 0.6) is 0 Å². The molecule has 1 aliphatic rings. The van der Waals surface area contributed by atoms with E-state index in [1.165, 1.54) is 0 Å². The Morgan fingerprint density at radius 1 is 1.57 bits per heavy atom. The second kappa shape index (κ2) is 8.16. The molecule has 0 radical (unpaired) electrons. The molecular formula is C15H21BrClFN2S. The number of rotatable bonds is 5. The van der Waals surface area contributed by atoms with Crippen molar-refractivity contribution < 1.29 is 4.39 Å². The molecule has 0 amide bonds. The summed E-state index contributed by atoms with van der Waals surface area (Å²) in [5.74, 6) is 1.82. The van der Waals surface area contributed by atoms with Crippen molar-refractivity contribution in [2.45, 2.75) is 25.4 Å². The highest BCUT2D eigenvalue weighted by Gasteiger charge is 2.31. The highest BCUT2D eigenvalue weighted by atomic mass is 79.9. The van der Waals surface area contributed by atoms with Crippen LogP contribution in [-0.4, -0.2) is 42.6 Å². The van der Waals surface area contributed by atoms with Gasteiger partial charge in [0.25, 0.3) is 0 Å². The van der Waals surface area contributed by atoms with E-state index in [9.17, 15) is 4.39 Å². The van der Waals surface area contributed by atoms with Crippen LogP contribution < -0.4 is 5.32 Å². The van der Waals surface area contributed by atoms with Gasteiger partial charge in [0.15, 0.2) is 0 Å². The third kappa shape index (κ3) is 4.14. The van der Waals surface area contributed by atoms with Gasteiger partial charge in [-0.05, 0) is 42.0 Å². The van der Waals surface area contributed by atoms with Gasteiger partial charge in [0.1, 0.15) is 5.82 Å². The third-order valence-corrected chi connectivity index (χ3v) is 6.15. The molecule has 0 bridgehead atoms. The van der Waals surface area contributed by atoms with Crippen molar-refractivity contribution in [3.8, 4) is 0 Å². The van der Waals surface area contributed by atoms with Gasteiger partial charge in [0.2, 0.25) is 0 Å². The second-order valence-electron chi connectivity index (χ2n) is 5.32. The molecule has 118 valence electrons. The summed E-state index contributed by atoms with van der Waals surface area (Å²) in [6, 6.07) is 3.92. The smallest absolute Gasteiger partial charge is 0.147 e. The first-order valence-corrected chi connectivity index (χ1v) is 9.53. The van der Waals surface area contributed by atoms with Crippen LogP contribution in [0.2, 0.25) is 5.02 Å². The number of likely N-dealkylation sites (N-methyl/N-ethyl adjacent to an activating group) is 1. The lowest BCUT2D eigenvalue weighted by Crippen LogP contribution is -2.48. The van der Waals surface area contributed by atoms with Gasteiger partial charge < -0.3 is 5.32 Å². The van der Waals surface area contributed by atoms with Gasteiger partial charge in [0, 0.05) is 34.1 Å². The fourth-order valence-electron chi connectivity index (χ4n) is 2.59. The van der Waals surface area contributed by atoms with Crippen LogP contribution in [0.3, 0.4) is 0 Å². The molecule has 2 nitrogen and oxygen atoms in total. The van der Waals surface area contributed by atoms with Crippen molar-refractivity contribution >= 4 is 39.3 Å². The monoisotopic (exact) mass is 394 g/mol. The maximum absolute atomic E-state index is 14.6. The predicted octanol–water partition coefficient (Wildman–Crippen LogP) is 4.33. The Labute approximate surface area is 143 Å². The summed E-state index contributed by atoms with van der Waals surface area (Å²) in [6.07, 6.45) is 1.02. The lowest BCUT2D eigenvalue weighted by molar-refractivity contribution is 0.213. The summed E-state index contributed by atoms with van der Waals surface area (Å²) in [5.41, 5.74) is 0.663. The van der Waals surface area contributed by atoms with E-state index in [1.807, 2.05) is 23.9 Å². The summed E-state index contributed by atoms with van der Waals surface area (Å²) in [7, 11) is 2.11. The molecule has 2 rings (SSSR count). The minimum Gasteiger partial charge on any atom is -0.309 e. The molecule has 1 aliphatic heterocycles. The largest absolute Gasteiger partial charge is 0.309 e. The van der Waals surface area contributed by atoms with E-state index in [-0.39, 0.29) is 22.9 Å². The Morgan fingerprint density at radius 3 is 3.00 bits per heavy atom. The van der Waals surface area contributed by atoms with Gasteiger partial charge in [-0.15, -0.1) is 0 Å². The lowest BCUT2D eigenvalue weighted by Gasteiger charge is -2.38. The van der Waals surface area contributed by atoms with Crippen LogP contribution in [0.15, 0.2) is 16.6 Å². The average molecular weight is 396 g/mol. The first kappa shape index (κ1) is 17.5. The Hall–Kier alpha value is 0.190. The molecule has 0 saturated carbocycles. The van der Waals surface area contributed by atoms with Crippen molar-refractivity contribution in [3.63, 3.8) is 0 Å². The van der Waals surface area contributed by atoms with E-state index in [4.69, 9.17) is 11.6 Å². The second-order valence-corrected chi connectivity index (χ2v) is 7.70. The predicted molar refractivity (Wildman–Crippen MR) is 93.9 cm³/mol. The quantitative estimate of drug-likeness (QED) is 0.747. The van der Waals surface area contributed by atoms with E-state index in [1.54, 1.807) is 0 Å². The molecule has 1 fully saturated rings. The van der Waals surface area contributed by atoms with Crippen LogP contribution >= 0.6 is 39.3 Å². The molecule has 1 aromatic carbocycles. The van der Waals surface area contributed by atoms with Gasteiger partial charge >= 0.3 is 0 Å². The summed E-state index contributed by atoms with van der Waals surface area (Å²) < 4.78 is 15.2. The van der Waals surface area contributed by atoms with Crippen molar-refractivity contribution in [1.82, 2.24) is 10.2 Å². The van der Waals surface area contributed by atoms with Crippen LogP contribution in [0, 0.1) is 5.82 Å². The van der Waals surface area contributed by atoms with Gasteiger partial charge in [-0.3, -0.25) is 4.90 Å². The zero-order chi connectivity index (χ0) is 15.4. The molecule has 21 heavy (non-hydrogen) atoms. The zero-order valence-electron chi connectivity index (χ0n) is 12.3. The number of thioether (sulfide) groups is 1. The summed E-state index contributed by atoms with van der Waals surface area (Å²) in [4.78, 5) is 2.32. The van der Waals surface area contributed by atoms with Gasteiger partial charge in [-0.25, -0.2) is 4.39 Å². The fraction of sp³-hybridized carbons (Fsp3) is 0.600. The maximum Gasteiger partial charge on any atom is 0.147 e. The normalized spacial score (nSPS) is 21.5. The highest BCUT2D eigenvalue weighted by molar-refractivity contribution is 9.10. The topological polar surface area (TPSA) is 15.3 Å². The van der Waals surface area contributed by atoms with Gasteiger partial charge in [0.05, 0.1) is 11.1 Å². The van der Waals surface area contributed by atoms with Gasteiger partial charge in [-0.1, -0.05) is 24.6 Å².